The molecule has 3 fully saturated rings. The van der Waals surface area contributed by atoms with E-state index in [0.717, 1.165) is 43.1 Å². The molecule has 4 nitrogen and oxygen atoms in total. The first-order valence-corrected chi connectivity index (χ1v) is 22.3. The van der Waals surface area contributed by atoms with E-state index < -0.39 is 0 Å². The van der Waals surface area contributed by atoms with Gasteiger partial charge in [-0.05, 0) is 163 Å². The highest BCUT2D eigenvalue weighted by molar-refractivity contribution is 6.29. The molecule has 2 atom stereocenters. The molecule has 7 aliphatic rings. The fraction of sp³-hybridized carbons (Fsp3) is 0.434. The van der Waals surface area contributed by atoms with Crippen LogP contribution in [0.25, 0.3) is 76.2 Å². The lowest BCUT2D eigenvalue weighted by molar-refractivity contribution is 0.0898. The maximum absolute atomic E-state index is 14.1. The van der Waals surface area contributed by atoms with Crippen molar-refractivity contribution < 1.29 is 4.79 Å². The number of hydrogen-bond donors (Lipinski definition) is 0. The molecule has 7 aliphatic carbocycles. The molecule has 3 saturated carbocycles. The molecule has 4 heteroatoms. The predicted octanol–water partition coefficient (Wildman–Crippen LogP) is 13.8. The van der Waals surface area contributed by atoms with Gasteiger partial charge in [0.15, 0.2) is 5.78 Å². The van der Waals surface area contributed by atoms with Crippen LogP contribution in [0.15, 0.2) is 54.7 Å². The lowest BCUT2D eigenvalue weighted by atomic mass is 9.67. The van der Waals surface area contributed by atoms with Gasteiger partial charge in [0.25, 0.3) is 0 Å². The van der Waals surface area contributed by atoms with Gasteiger partial charge in [0.05, 0.1) is 39.3 Å². The number of fused-ring (bicyclic) bond motifs is 14. The smallest absolute Gasteiger partial charge is 0.166 e. The first-order valence-electron chi connectivity index (χ1n) is 22.3. The van der Waals surface area contributed by atoms with Crippen LogP contribution < -0.4 is 0 Å². The van der Waals surface area contributed by atoms with Crippen molar-refractivity contribution in [3.63, 3.8) is 0 Å². The highest BCUT2D eigenvalue weighted by atomic mass is 16.1. The third-order valence-electron chi connectivity index (χ3n) is 16.6. The van der Waals surface area contributed by atoms with Crippen molar-refractivity contribution in [1.29, 1.82) is 0 Å². The van der Waals surface area contributed by atoms with Crippen LogP contribution in [-0.2, 0) is 10.8 Å². The number of Topliss-reactive ketones (excluding diaryl/α,β-unsaturated/α-hetero) is 1. The first-order chi connectivity index (χ1) is 27.4. The number of pyridine rings is 1. The first kappa shape index (κ1) is 32.3. The summed E-state index contributed by atoms with van der Waals surface area (Å²) in [6.07, 6.45) is 13.4. The molecule has 9 aromatic rings. The van der Waals surface area contributed by atoms with Gasteiger partial charge in [0.1, 0.15) is 0 Å². The van der Waals surface area contributed by atoms with E-state index in [9.17, 15) is 4.79 Å². The topological polar surface area (TPSA) is 38.8 Å². The molecule has 0 amide bonds. The molecule has 5 aromatic heterocycles. The summed E-state index contributed by atoms with van der Waals surface area (Å²) in [4.78, 5) is 19.6. The van der Waals surface area contributed by atoms with E-state index in [0.29, 0.717) is 23.5 Å². The van der Waals surface area contributed by atoms with E-state index in [1.165, 1.54) is 131 Å². The molecule has 57 heavy (non-hydrogen) atoms. The number of rotatable bonds is 0. The molecule has 5 heterocycles. The zero-order valence-corrected chi connectivity index (χ0v) is 34.3. The maximum atomic E-state index is 14.1. The highest BCUT2D eigenvalue weighted by Gasteiger charge is 2.44. The van der Waals surface area contributed by atoms with Crippen molar-refractivity contribution in [3.8, 4) is 0 Å². The van der Waals surface area contributed by atoms with Gasteiger partial charge in [0.2, 0.25) is 0 Å². The zero-order chi connectivity index (χ0) is 38.2. The summed E-state index contributed by atoms with van der Waals surface area (Å²) in [6, 6.07) is 19.9. The Kier molecular flexibility index (Phi) is 5.73. The summed E-state index contributed by atoms with van der Waals surface area (Å²) in [5.41, 5.74) is 15.8. The minimum Gasteiger partial charge on any atom is -0.308 e. The Balaban J connectivity index is 1.15. The number of carbonyl (C=O) groups excluding carboxylic acids is 1. The minimum atomic E-state index is -0.0104. The van der Waals surface area contributed by atoms with Crippen LogP contribution in [0.1, 0.15) is 155 Å². The number of ketones is 1. The van der Waals surface area contributed by atoms with E-state index in [-0.39, 0.29) is 16.7 Å². The SMILES string of the molecule is CC(C)(C)c1cc2c3cc4c(cc3n3c5cc6c7cc(C(C)(C)C)cc8c9c%10c(ncc9n(c6cc5c(c1)c23)c78)C1CC2CC(C1)CC%10C2)C(=O)C1CCC4CC1. The van der Waals surface area contributed by atoms with Gasteiger partial charge in [0, 0.05) is 66.2 Å². The lowest BCUT2D eigenvalue weighted by Gasteiger charge is -2.38. The Hall–Kier alpha value is -4.70. The molecule has 6 bridgehead atoms. The predicted molar refractivity (Wildman–Crippen MR) is 236 cm³/mol. The van der Waals surface area contributed by atoms with Crippen LogP contribution in [0, 0.1) is 17.8 Å². The van der Waals surface area contributed by atoms with E-state index in [1.54, 1.807) is 5.56 Å². The third kappa shape index (κ3) is 3.92. The molecule has 2 unspecified atom stereocenters. The van der Waals surface area contributed by atoms with Crippen LogP contribution in [0.4, 0.5) is 0 Å². The summed E-state index contributed by atoms with van der Waals surface area (Å²) in [6.45, 7) is 14.2. The normalized spacial score (nSPS) is 26.2. The molecule has 0 spiro atoms. The van der Waals surface area contributed by atoms with Crippen LogP contribution in [-0.4, -0.2) is 19.6 Å². The molecular weight excluding hydrogens is 695 g/mol. The molecule has 0 radical (unpaired) electrons. The maximum Gasteiger partial charge on any atom is 0.166 e. The van der Waals surface area contributed by atoms with Crippen molar-refractivity contribution in [2.75, 3.05) is 0 Å². The third-order valence-corrected chi connectivity index (χ3v) is 16.6. The van der Waals surface area contributed by atoms with Crippen molar-refractivity contribution in [2.45, 2.75) is 128 Å². The van der Waals surface area contributed by atoms with Crippen molar-refractivity contribution in [3.05, 3.63) is 88.2 Å². The van der Waals surface area contributed by atoms with Gasteiger partial charge >= 0.3 is 0 Å². The van der Waals surface area contributed by atoms with Crippen molar-refractivity contribution >= 4 is 82.0 Å². The van der Waals surface area contributed by atoms with Gasteiger partial charge in [-0.25, -0.2) is 0 Å². The highest BCUT2D eigenvalue weighted by Crippen LogP contribution is 2.58. The average molecular weight is 746 g/mol. The second-order valence-corrected chi connectivity index (χ2v) is 21.9. The van der Waals surface area contributed by atoms with Crippen LogP contribution in [0.5, 0.6) is 0 Å². The largest absolute Gasteiger partial charge is 0.308 e. The van der Waals surface area contributed by atoms with Crippen LogP contribution >= 0.6 is 0 Å². The number of carbonyl (C=O) groups is 1. The quantitative estimate of drug-likeness (QED) is 0.155. The van der Waals surface area contributed by atoms with Crippen LogP contribution in [0.3, 0.4) is 0 Å². The molecular formula is C53H51N3O. The fourth-order valence-electron chi connectivity index (χ4n) is 14.0. The number of hydrogen-bond acceptors (Lipinski definition) is 2. The van der Waals surface area contributed by atoms with E-state index in [1.807, 2.05) is 0 Å². The Morgan fingerprint density at radius 2 is 1.04 bits per heavy atom. The molecule has 284 valence electrons. The number of aromatic nitrogens is 3. The second kappa shape index (κ2) is 10.1. The fourth-order valence-corrected chi connectivity index (χ4v) is 14.0. The number of nitrogens with zero attached hydrogens (tertiary/aromatic N) is 3. The Morgan fingerprint density at radius 3 is 1.65 bits per heavy atom. The summed E-state index contributed by atoms with van der Waals surface area (Å²) in [5, 5.41) is 10.9. The molecule has 0 aliphatic heterocycles. The molecule has 4 aromatic carbocycles. The van der Waals surface area contributed by atoms with Crippen LogP contribution in [0.2, 0.25) is 0 Å². The van der Waals surface area contributed by atoms with Gasteiger partial charge < -0.3 is 8.80 Å². The minimum absolute atomic E-state index is 0.00620. The molecule has 16 rings (SSSR count). The monoisotopic (exact) mass is 745 g/mol. The Morgan fingerprint density at radius 1 is 0.526 bits per heavy atom. The van der Waals surface area contributed by atoms with E-state index in [4.69, 9.17) is 4.98 Å². The summed E-state index contributed by atoms with van der Waals surface area (Å²) in [7, 11) is 0. The lowest BCUT2D eigenvalue weighted by Crippen LogP contribution is -2.25. The van der Waals surface area contributed by atoms with E-state index >= 15 is 0 Å². The number of benzene rings is 4. The van der Waals surface area contributed by atoms with Gasteiger partial charge in [-0.15, -0.1) is 0 Å². The van der Waals surface area contributed by atoms with Gasteiger partial charge in [-0.2, -0.15) is 0 Å². The second-order valence-electron chi connectivity index (χ2n) is 21.9. The van der Waals surface area contributed by atoms with Crippen molar-refractivity contribution in [1.82, 2.24) is 13.8 Å². The van der Waals surface area contributed by atoms with Gasteiger partial charge in [-0.1, -0.05) is 41.5 Å². The molecule has 0 N–H and O–H groups in total. The zero-order valence-electron chi connectivity index (χ0n) is 34.3. The van der Waals surface area contributed by atoms with Crippen molar-refractivity contribution in [2.24, 2.45) is 17.8 Å². The Labute approximate surface area is 333 Å². The van der Waals surface area contributed by atoms with Gasteiger partial charge in [-0.3, -0.25) is 9.78 Å². The summed E-state index contributed by atoms with van der Waals surface area (Å²) < 4.78 is 5.17. The average Bonchev–Trinajstić information content (AvgIpc) is 3.82. The Bertz CT molecular complexity index is 3280. The summed E-state index contributed by atoms with van der Waals surface area (Å²) in [5.74, 6) is 4.01. The van der Waals surface area contributed by atoms with E-state index in [2.05, 4.69) is 105 Å². The standard InChI is InChI=1S/C53H51N3O/c1-52(2,3)31-16-37-34-20-33-27-7-9-28(10-8-27)51(57)40(33)23-44(34)55-42-21-36-39-18-32(53(4,5)6)19-41-47-45(56(50(39)41)43(36)22-35(42)38(17-31)49(37)55)24-54-48-30-14-25-11-26(15-30)13-29(12-25)46(47)48/h16-30H,7-15H2,1-6H3. The molecule has 0 saturated heterocycles. The summed E-state index contributed by atoms with van der Waals surface area (Å²) >= 11 is 0.